The molecule has 2 rings (SSSR count). The topological polar surface area (TPSA) is 76.7 Å². The Bertz CT molecular complexity index is 436. The predicted molar refractivity (Wildman–Crippen MR) is 60.6 cm³/mol. The Kier molecular flexibility index (Phi) is 2.77. The number of thiazole rings is 1. The number of nitrogens with one attached hydrogen (secondary N) is 1. The molecule has 6 heteroatoms. The average molecular weight is 221 g/mol. The van der Waals surface area contributed by atoms with E-state index in [0.29, 0.717) is 18.2 Å². The summed E-state index contributed by atoms with van der Waals surface area (Å²) in [6, 6.07) is 0. The van der Waals surface area contributed by atoms with Gasteiger partial charge in [0, 0.05) is 5.38 Å². The molecule has 0 aliphatic heterocycles. The highest BCUT2D eigenvalue weighted by Gasteiger charge is 1.99. The standard InChI is InChI=1S/C9H11N5S/c1-6-14-8(5-15-6)4-13-9-11-2-7(10)3-12-9/h2-3,5H,4,10H2,1H3,(H,11,12,13). The highest BCUT2D eigenvalue weighted by atomic mass is 32.1. The lowest BCUT2D eigenvalue weighted by molar-refractivity contribution is 1.01. The third-order valence-corrected chi connectivity index (χ3v) is 2.59. The number of aryl methyl sites for hydroxylation is 1. The van der Waals surface area contributed by atoms with Crippen molar-refractivity contribution >= 4 is 23.0 Å². The van der Waals surface area contributed by atoms with E-state index in [-0.39, 0.29) is 0 Å². The second-order valence-electron chi connectivity index (χ2n) is 3.05. The fraction of sp³-hybridized carbons (Fsp3) is 0.222. The fourth-order valence-corrected chi connectivity index (χ4v) is 1.70. The van der Waals surface area contributed by atoms with Crippen LogP contribution in [0.25, 0.3) is 0 Å². The SMILES string of the molecule is Cc1nc(CNc2ncc(N)cn2)cs1. The summed E-state index contributed by atoms with van der Waals surface area (Å²) in [5.41, 5.74) is 7.03. The van der Waals surface area contributed by atoms with Gasteiger partial charge in [-0.05, 0) is 6.92 Å². The van der Waals surface area contributed by atoms with E-state index in [0.717, 1.165) is 10.7 Å². The second kappa shape index (κ2) is 4.22. The maximum atomic E-state index is 5.47. The number of nitrogens with two attached hydrogens (primary N) is 1. The Morgan fingerprint density at radius 2 is 2.13 bits per heavy atom. The molecule has 15 heavy (non-hydrogen) atoms. The first-order valence-corrected chi connectivity index (χ1v) is 5.34. The maximum Gasteiger partial charge on any atom is 0.223 e. The molecule has 3 N–H and O–H groups in total. The molecule has 0 aliphatic carbocycles. The van der Waals surface area contributed by atoms with E-state index in [1.807, 2.05) is 12.3 Å². The van der Waals surface area contributed by atoms with Crippen LogP contribution in [0.4, 0.5) is 11.6 Å². The van der Waals surface area contributed by atoms with Crippen LogP contribution in [0.5, 0.6) is 0 Å². The molecule has 2 aromatic rings. The molecule has 0 atom stereocenters. The van der Waals surface area contributed by atoms with Crippen molar-refractivity contribution < 1.29 is 0 Å². The van der Waals surface area contributed by atoms with Crippen LogP contribution >= 0.6 is 11.3 Å². The van der Waals surface area contributed by atoms with Gasteiger partial charge in [-0.2, -0.15) is 0 Å². The Morgan fingerprint density at radius 3 is 2.73 bits per heavy atom. The van der Waals surface area contributed by atoms with Gasteiger partial charge in [0.1, 0.15) is 0 Å². The van der Waals surface area contributed by atoms with Crippen molar-refractivity contribution in [2.75, 3.05) is 11.1 Å². The van der Waals surface area contributed by atoms with Crippen LogP contribution in [0.2, 0.25) is 0 Å². The van der Waals surface area contributed by atoms with Crippen molar-refractivity contribution in [2.24, 2.45) is 0 Å². The zero-order valence-electron chi connectivity index (χ0n) is 8.27. The molecule has 0 saturated carbocycles. The van der Waals surface area contributed by atoms with Gasteiger partial charge < -0.3 is 11.1 Å². The van der Waals surface area contributed by atoms with Crippen molar-refractivity contribution in [1.82, 2.24) is 15.0 Å². The zero-order chi connectivity index (χ0) is 10.7. The summed E-state index contributed by atoms with van der Waals surface area (Å²) < 4.78 is 0. The van der Waals surface area contributed by atoms with Crippen molar-refractivity contribution in [3.63, 3.8) is 0 Å². The predicted octanol–water partition coefficient (Wildman–Crippen LogP) is 1.44. The van der Waals surface area contributed by atoms with Crippen molar-refractivity contribution in [2.45, 2.75) is 13.5 Å². The summed E-state index contributed by atoms with van der Waals surface area (Å²) in [7, 11) is 0. The van der Waals surface area contributed by atoms with Gasteiger partial charge in [0.25, 0.3) is 0 Å². The van der Waals surface area contributed by atoms with Gasteiger partial charge in [-0.25, -0.2) is 15.0 Å². The number of hydrogen-bond donors (Lipinski definition) is 2. The summed E-state index contributed by atoms with van der Waals surface area (Å²) >= 11 is 1.63. The maximum absolute atomic E-state index is 5.47. The molecule has 0 spiro atoms. The van der Waals surface area contributed by atoms with Crippen LogP contribution in [0.15, 0.2) is 17.8 Å². The number of anilines is 2. The summed E-state index contributed by atoms with van der Waals surface area (Å²) in [6.07, 6.45) is 3.14. The van der Waals surface area contributed by atoms with E-state index in [4.69, 9.17) is 5.73 Å². The van der Waals surface area contributed by atoms with Crippen LogP contribution < -0.4 is 11.1 Å². The summed E-state index contributed by atoms with van der Waals surface area (Å²) in [5, 5.41) is 6.14. The molecule has 0 aromatic carbocycles. The van der Waals surface area contributed by atoms with Gasteiger partial charge in [-0.3, -0.25) is 0 Å². The molecule has 0 amide bonds. The summed E-state index contributed by atoms with van der Waals surface area (Å²) in [5.74, 6) is 0.565. The highest BCUT2D eigenvalue weighted by molar-refractivity contribution is 7.09. The van der Waals surface area contributed by atoms with E-state index in [9.17, 15) is 0 Å². The summed E-state index contributed by atoms with van der Waals surface area (Å²) in [6.45, 7) is 2.61. The molecule has 2 aromatic heterocycles. The molecule has 2 heterocycles. The second-order valence-corrected chi connectivity index (χ2v) is 4.11. The Hall–Kier alpha value is -1.69. The van der Waals surface area contributed by atoms with Gasteiger partial charge in [0.05, 0.1) is 35.3 Å². The monoisotopic (exact) mass is 221 g/mol. The number of hydrogen-bond acceptors (Lipinski definition) is 6. The number of nitrogens with zero attached hydrogens (tertiary/aromatic N) is 3. The number of rotatable bonds is 3. The average Bonchev–Trinajstić information content (AvgIpc) is 2.64. The van der Waals surface area contributed by atoms with E-state index in [1.165, 1.54) is 0 Å². The van der Waals surface area contributed by atoms with Gasteiger partial charge in [0.15, 0.2) is 0 Å². The Labute approximate surface area is 91.4 Å². The van der Waals surface area contributed by atoms with Crippen LogP contribution in [-0.2, 0) is 6.54 Å². The van der Waals surface area contributed by atoms with Crippen LogP contribution in [0.3, 0.4) is 0 Å². The third-order valence-electron chi connectivity index (χ3n) is 1.77. The fourth-order valence-electron chi connectivity index (χ4n) is 1.09. The molecule has 0 aliphatic rings. The first-order valence-electron chi connectivity index (χ1n) is 4.46. The number of aromatic nitrogens is 3. The molecule has 5 nitrogen and oxygen atoms in total. The van der Waals surface area contributed by atoms with E-state index < -0.39 is 0 Å². The van der Waals surface area contributed by atoms with Crippen LogP contribution in [0.1, 0.15) is 10.7 Å². The van der Waals surface area contributed by atoms with E-state index in [2.05, 4.69) is 20.3 Å². The van der Waals surface area contributed by atoms with Gasteiger partial charge in [-0.15, -0.1) is 11.3 Å². The first kappa shape index (κ1) is 9.85. The minimum atomic E-state index is 0.560. The van der Waals surface area contributed by atoms with Crippen LogP contribution in [-0.4, -0.2) is 15.0 Å². The first-order chi connectivity index (χ1) is 7.24. The Morgan fingerprint density at radius 1 is 1.40 bits per heavy atom. The van der Waals surface area contributed by atoms with Gasteiger partial charge >= 0.3 is 0 Å². The van der Waals surface area contributed by atoms with Crippen molar-refractivity contribution in [3.8, 4) is 0 Å². The normalized spacial score (nSPS) is 10.2. The van der Waals surface area contributed by atoms with Crippen LogP contribution in [0, 0.1) is 6.92 Å². The van der Waals surface area contributed by atoms with E-state index >= 15 is 0 Å². The Balaban J connectivity index is 1.96. The molecule has 0 saturated heterocycles. The third kappa shape index (κ3) is 2.63. The molecule has 0 fully saturated rings. The zero-order valence-corrected chi connectivity index (χ0v) is 9.08. The smallest absolute Gasteiger partial charge is 0.223 e. The molecule has 0 radical (unpaired) electrons. The lowest BCUT2D eigenvalue weighted by Crippen LogP contribution is -2.04. The minimum Gasteiger partial charge on any atom is -0.396 e. The highest BCUT2D eigenvalue weighted by Crippen LogP contribution is 2.09. The lowest BCUT2D eigenvalue weighted by atomic mass is 10.5. The van der Waals surface area contributed by atoms with Gasteiger partial charge in [-0.1, -0.05) is 0 Å². The lowest BCUT2D eigenvalue weighted by Gasteiger charge is -2.01. The quantitative estimate of drug-likeness (QED) is 0.820. The molecular weight excluding hydrogens is 210 g/mol. The molecule has 78 valence electrons. The molecular formula is C9H11N5S. The molecule has 0 bridgehead atoms. The summed E-state index contributed by atoms with van der Waals surface area (Å²) in [4.78, 5) is 12.4. The largest absolute Gasteiger partial charge is 0.396 e. The number of nitrogen functional groups attached to an aromatic ring is 1. The van der Waals surface area contributed by atoms with Crippen molar-refractivity contribution in [1.29, 1.82) is 0 Å². The minimum absolute atomic E-state index is 0.560. The van der Waals surface area contributed by atoms with Gasteiger partial charge in [0.2, 0.25) is 5.95 Å². The van der Waals surface area contributed by atoms with Crippen molar-refractivity contribution in [3.05, 3.63) is 28.5 Å². The van der Waals surface area contributed by atoms with E-state index in [1.54, 1.807) is 23.7 Å². The molecule has 0 unspecified atom stereocenters.